The van der Waals surface area contributed by atoms with Crippen molar-refractivity contribution in [1.82, 2.24) is 14.5 Å². The lowest BCUT2D eigenvalue weighted by molar-refractivity contribution is -0.274. The van der Waals surface area contributed by atoms with Crippen molar-refractivity contribution in [3.63, 3.8) is 0 Å². The number of nitrogens with one attached hydrogen (secondary N) is 1. The van der Waals surface area contributed by atoms with Gasteiger partial charge in [0.1, 0.15) is 21.9 Å². The van der Waals surface area contributed by atoms with E-state index in [9.17, 15) is 18.0 Å². The first-order valence-corrected chi connectivity index (χ1v) is 10.6. The fraction of sp³-hybridized carbons (Fsp3) is 0.450. The van der Waals surface area contributed by atoms with Crippen LogP contribution >= 0.6 is 11.3 Å². The summed E-state index contributed by atoms with van der Waals surface area (Å²) >= 11 is 1.50. The number of aryl methyl sites for hydroxylation is 2. The third-order valence-corrected chi connectivity index (χ3v) is 6.45. The molecule has 4 heterocycles. The van der Waals surface area contributed by atoms with Gasteiger partial charge in [0.25, 0.3) is 5.56 Å². The number of pyridine rings is 2. The SMILES string of the molecule is Cc1nc2c(N3CC[C@@H](Nc4ccc(OC(F)(F)F)cn4)[C@@H](C)C3)cc(=O)n(C)c2s1. The maximum Gasteiger partial charge on any atom is 0.573 e. The van der Waals surface area contributed by atoms with Gasteiger partial charge in [0.2, 0.25) is 0 Å². The van der Waals surface area contributed by atoms with Crippen molar-refractivity contribution >= 4 is 33.2 Å². The number of thiazole rings is 1. The third-order valence-electron chi connectivity index (χ3n) is 5.40. The molecule has 31 heavy (non-hydrogen) atoms. The molecular weight excluding hydrogens is 431 g/mol. The molecule has 0 aliphatic carbocycles. The maximum atomic E-state index is 12.4. The fourth-order valence-electron chi connectivity index (χ4n) is 3.86. The van der Waals surface area contributed by atoms with Crippen LogP contribution in [0, 0.1) is 12.8 Å². The molecule has 11 heteroatoms. The first-order valence-electron chi connectivity index (χ1n) is 9.81. The molecule has 3 aromatic heterocycles. The lowest BCUT2D eigenvalue weighted by Crippen LogP contribution is -2.45. The number of nitrogens with zero attached hydrogens (tertiary/aromatic N) is 4. The number of aromatic nitrogens is 3. The molecule has 0 bridgehead atoms. The highest BCUT2D eigenvalue weighted by Gasteiger charge is 2.31. The van der Waals surface area contributed by atoms with Gasteiger partial charge in [-0.25, -0.2) is 9.97 Å². The van der Waals surface area contributed by atoms with E-state index in [0.717, 1.165) is 40.2 Å². The lowest BCUT2D eigenvalue weighted by atomic mass is 9.93. The van der Waals surface area contributed by atoms with Crippen LogP contribution in [0.1, 0.15) is 18.4 Å². The summed E-state index contributed by atoms with van der Waals surface area (Å²) in [5, 5.41) is 4.21. The zero-order valence-electron chi connectivity index (χ0n) is 17.2. The van der Waals surface area contributed by atoms with Gasteiger partial charge in [-0.05, 0) is 31.4 Å². The molecule has 1 aliphatic heterocycles. The van der Waals surface area contributed by atoms with Gasteiger partial charge in [0, 0.05) is 32.2 Å². The zero-order chi connectivity index (χ0) is 22.3. The Balaban J connectivity index is 1.47. The summed E-state index contributed by atoms with van der Waals surface area (Å²) in [5.41, 5.74) is 1.62. The molecule has 0 amide bonds. The standard InChI is InChI=1S/C20H22F3N5O2S/c1-11-10-28(15-8-17(29)27(3)19-18(15)25-12(2)31-19)7-6-14(11)26-16-5-4-13(9-24-16)30-20(21,22)23/h4-5,8-9,11,14H,6-7,10H2,1-3H3,(H,24,26)/t11-,14+/m0/s1. The Labute approximate surface area is 180 Å². The maximum absolute atomic E-state index is 12.4. The Kier molecular flexibility index (Phi) is 5.54. The van der Waals surface area contributed by atoms with E-state index in [4.69, 9.17) is 0 Å². The summed E-state index contributed by atoms with van der Waals surface area (Å²) in [6.07, 6.45) is -2.90. The first kappa shape index (κ1) is 21.4. The summed E-state index contributed by atoms with van der Waals surface area (Å²) in [5.74, 6) is 0.348. The number of ether oxygens (including phenoxy) is 1. The van der Waals surface area contributed by atoms with Gasteiger partial charge in [-0.2, -0.15) is 0 Å². The second-order valence-electron chi connectivity index (χ2n) is 7.70. The minimum Gasteiger partial charge on any atom is -0.404 e. The average Bonchev–Trinajstić information content (AvgIpc) is 3.08. The quantitative estimate of drug-likeness (QED) is 0.646. The monoisotopic (exact) mass is 453 g/mol. The highest BCUT2D eigenvalue weighted by atomic mass is 32.1. The Morgan fingerprint density at radius 3 is 2.74 bits per heavy atom. The Morgan fingerprint density at radius 2 is 2.10 bits per heavy atom. The molecule has 0 radical (unpaired) electrons. The number of fused-ring (bicyclic) bond motifs is 1. The van der Waals surface area contributed by atoms with Crippen LogP contribution in [-0.4, -0.2) is 40.0 Å². The fourth-order valence-corrected chi connectivity index (χ4v) is 4.75. The van der Waals surface area contributed by atoms with Crippen LogP contribution in [0.5, 0.6) is 5.75 Å². The molecule has 0 spiro atoms. The highest BCUT2D eigenvalue weighted by Crippen LogP contribution is 2.32. The van der Waals surface area contributed by atoms with E-state index in [0.29, 0.717) is 12.4 Å². The van der Waals surface area contributed by atoms with Crippen molar-refractivity contribution in [1.29, 1.82) is 0 Å². The molecule has 4 rings (SSSR count). The largest absolute Gasteiger partial charge is 0.573 e. The van der Waals surface area contributed by atoms with Crippen LogP contribution in [0.3, 0.4) is 0 Å². The van der Waals surface area contributed by atoms with Crippen LogP contribution in [0.25, 0.3) is 10.3 Å². The first-order chi connectivity index (χ1) is 14.6. The number of halogens is 3. The van der Waals surface area contributed by atoms with Crippen LogP contribution < -0.4 is 20.5 Å². The van der Waals surface area contributed by atoms with Crippen LogP contribution in [-0.2, 0) is 7.05 Å². The van der Waals surface area contributed by atoms with Gasteiger partial charge in [0.15, 0.2) is 0 Å². The number of anilines is 2. The minimum atomic E-state index is -4.74. The van der Waals surface area contributed by atoms with E-state index in [1.165, 1.54) is 23.5 Å². The molecule has 0 unspecified atom stereocenters. The Bertz CT molecular complexity index is 1140. The smallest absolute Gasteiger partial charge is 0.404 e. The summed E-state index contributed by atoms with van der Waals surface area (Å²) in [6.45, 7) is 5.45. The van der Waals surface area contributed by atoms with E-state index < -0.39 is 6.36 Å². The molecule has 1 aliphatic rings. The number of hydrogen-bond donors (Lipinski definition) is 1. The molecule has 0 aromatic carbocycles. The van der Waals surface area contributed by atoms with Gasteiger partial charge in [-0.3, -0.25) is 4.79 Å². The van der Waals surface area contributed by atoms with E-state index in [2.05, 4.69) is 31.8 Å². The molecule has 2 atom stereocenters. The van der Waals surface area contributed by atoms with Crippen molar-refractivity contribution in [3.05, 3.63) is 39.8 Å². The van der Waals surface area contributed by atoms with Crippen LogP contribution in [0.15, 0.2) is 29.2 Å². The predicted octanol–water partition coefficient (Wildman–Crippen LogP) is 3.92. The van der Waals surface area contributed by atoms with Crippen molar-refractivity contribution in [2.45, 2.75) is 32.7 Å². The molecule has 0 saturated carbocycles. The summed E-state index contributed by atoms with van der Waals surface area (Å²) in [4.78, 5) is 24.1. The molecule has 7 nitrogen and oxygen atoms in total. The summed E-state index contributed by atoms with van der Waals surface area (Å²) in [6, 6.07) is 4.45. The van der Waals surface area contributed by atoms with E-state index in [1.54, 1.807) is 17.7 Å². The van der Waals surface area contributed by atoms with Crippen molar-refractivity contribution in [2.75, 3.05) is 23.3 Å². The molecule has 166 valence electrons. The van der Waals surface area contributed by atoms with Crippen molar-refractivity contribution in [3.8, 4) is 5.75 Å². The molecule has 1 fully saturated rings. The van der Waals surface area contributed by atoms with E-state index >= 15 is 0 Å². The van der Waals surface area contributed by atoms with Gasteiger partial charge in [-0.15, -0.1) is 24.5 Å². The van der Waals surface area contributed by atoms with Gasteiger partial charge in [0.05, 0.1) is 16.9 Å². The van der Waals surface area contributed by atoms with Gasteiger partial charge in [-0.1, -0.05) is 6.92 Å². The summed E-state index contributed by atoms with van der Waals surface area (Å²) in [7, 11) is 1.75. The van der Waals surface area contributed by atoms with Gasteiger partial charge >= 0.3 is 6.36 Å². The summed E-state index contributed by atoms with van der Waals surface area (Å²) < 4.78 is 42.4. The predicted molar refractivity (Wildman–Crippen MR) is 114 cm³/mol. The number of rotatable bonds is 4. The topological polar surface area (TPSA) is 72.3 Å². The van der Waals surface area contributed by atoms with E-state index in [-0.39, 0.29) is 23.3 Å². The molecule has 3 aromatic rings. The third kappa shape index (κ3) is 4.60. The normalized spacial score (nSPS) is 19.6. The van der Waals surface area contributed by atoms with Crippen molar-refractivity contribution < 1.29 is 17.9 Å². The van der Waals surface area contributed by atoms with Crippen molar-refractivity contribution in [2.24, 2.45) is 13.0 Å². The second kappa shape index (κ2) is 8.03. The molecule has 1 N–H and O–H groups in total. The Morgan fingerprint density at radius 1 is 1.32 bits per heavy atom. The van der Waals surface area contributed by atoms with Crippen LogP contribution in [0.4, 0.5) is 24.7 Å². The second-order valence-corrected chi connectivity index (χ2v) is 8.88. The molecule has 1 saturated heterocycles. The highest BCUT2D eigenvalue weighted by molar-refractivity contribution is 7.18. The van der Waals surface area contributed by atoms with Gasteiger partial charge < -0.3 is 19.5 Å². The average molecular weight is 453 g/mol. The number of hydrogen-bond acceptors (Lipinski definition) is 7. The minimum absolute atomic E-state index is 0.0654. The number of alkyl halides is 3. The van der Waals surface area contributed by atoms with Crippen LogP contribution in [0.2, 0.25) is 0 Å². The Hall–Kier alpha value is -2.82. The molecular formula is C20H22F3N5O2S. The van der Waals surface area contributed by atoms with E-state index in [1.807, 2.05) is 6.92 Å². The lowest BCUT2D eigenvalue weighted by Gasteiger charge is -2.38. The zero-order valence-corrected chi connectivity index (χ0v) is 18.0. The number of piperidine rings is 1.